The summed E-state index contributed by atoms with van der Waals surface area (Å²) in [5, 5.41) is 11.2. The molecule has 0 aliphatic carbocycles. The lowest BCUT2D eigenvalue weighted by atomic mass is 10.0. The summed E-state index contributed by atoms with van der Waals surface area (Å²) in [6, 6.07) is 9.98. The fourth-order valence-corrected chi connectivity index (χ4v) is 2.93. The van der Waals surface area contributed by atoms with Crippen LogP contribution in [0.15, 0.2) is 36.5 Å². The van der Waals surface area contributed by atoms with Crippen LogP contribution < -0.4 is 5.32 Å². The van der Waals surface area contributed by atoms with Crippen molar-refractivity contribution in [3.63, 3.8) is 0 Å². The molecule has 1 amide bonds. The second kappa shape index (κ2) is 7.00. The number of carbonyl (C=O) groups excluding carboxylic acids is 1. The zero-order valence-corrected chi connectivity index (χ0v) is 15.0. The molecule has 2 aromatic heterocycles. The van der Waals surface area contributed by atoms with Crippen LogP contribution in [0.1, 0.15) is 22.4 Å². The van der Waals surface area contributed by atoms with Crippen molar-refractivity contribution in [2.75, 3.05) is 6.54 Å². The summed E-state index contributed by atoms with van der Waals surface area (Å²) in [7, 11) is 0. The molecule has 26 heavy (non-hydrogen) atoms. The molecule has 2 N–H and O–H groups in total. The lowest BCUT2D eigenvalue weighted by molar-refractivity contribution is -0.137. The number of hydrogen-bond donors (Lipinski definition) is 2. The molecule has 3 aromatic rings. The van der Waals surface area contributed by atoms with Gasteiger partial charge >= 0.3 is 5.97 Å². The molecule has 0 aliphatic heterocycles. The maximum absolute atomic E-state index is 12.2. The summed E-state index contributed by atoms with van der Waals surface area (Å²) in [6.45, 7) is 5.67. The highest BCUT2D eigenvalue weighted by molar-refractivity contribution is 5.84. The third-order valence-electron chi connectivity index (χ3n) is 4.49. The maximum Gasteiger partial charge on any atom is 0.322 e. The van der Waals surface area contributed by atoms with Gasteiger partial charge in [0.2, 0.25) is 5.91 Å². The quantitative estimate of drug-likeness (QED) is 0.740. The Hall–Kier alpha value is -3.15. The monoisotopic (exact) mass is 351 g/mol. The summed E-state index contributed by atoms with van der Waals surface area (Å²) >= 11 is 0. The average Bonchev–Trinajstić information content (AvgIpc) is 2.95. The molecule has 0 bridgehead atoms. The second-order valence-corrected chi connectivity index (χ2v) is 6.44. The SMILES string of the molecule is Cc1ccc(-c2nc3c(C)cccn3c2CC(=O)NCC(=O)O)cc1C. The first-order chi connectivity index (χ1) is 12.4. The highest BCUT2D eigenvalue weighted by Crippen LogP contribution is 2.27. The first-order valence-corrected chi connectivity index (χ1v) is 8.39. The van der Waals surface area contributed by atoms with Crippen molar-refractivity contribution in [2.45, 2.75) is 27.2 Å². The van der Waals surface area contributed by atoms with Crippen LogP contribution in [-0.4, -0.2) is 32.9 Å². The first kappa shape index (κ1) is 17.7. The second-order valence-electron chi connectivity index (χ2n) is 6.44. The van der Waals surface area contributed by atoms with E-state index in [-0.39, 0.29) is 12.3 Å². The van der Waals surface area contributed by atoms with Crippen molar-refractivity contribution in [2.24, 2.45) is 0 Å². The molecule has 0 spiro atoms. The van der Waals surface area contributed by atoms with Crippen LogP contribution in [0.5, 0.6) is 0 Å². The number of nitrogens with one attached hydrogen (secondary N) is 1. The maximum atomic E-state index is 12.2. The number of aromatic nitrogens is 2. The van der Waals surface area contributed by atoms with E-state index in [1.165, 1.54) is 5.56 Å². The van der Waals surface area contributed by atoms with Crippen LogP contribution in [0.4, 0.5) is 0 Å². The molecular formula is C20H21N3O3. The van der Waals surface area contributed by atoms with Crippen molar-refractivity contribution in [1.82, 2.24) is 14.7 Å². The van der Waals surface area contributed by atoms with Gasteiger partial charge in [0.1, 0.15) is 12.2 Å². The highest BCUT2D eigenvalue weighted by atomic mass is 16.4. The van der Waals surface area contributed by atoms with Gasteiger partial charge in [-0.15, -0.1) is 0 Å². The summed E-state index contributed by atoms with van der Waals surface area (Å²) < 4.78 is 1.90. The molecule has 1 aromatic carbocycles. The van der Waals surface area contributed by atoms with Gasteiger partial charge in [-0.25, -0.2) is 4.98 Å². The fourth-order valence-electron chi connectivity index (χ4n) is 2.93. The van der Waals surface area contributed by atoms with Crippen LogP contribution in [0, 0.1) is 20.8 Å². The predicted molar refractivity (Wildman–Crippen MR) is 99.2 cm³/mol. The number of hydrogen-bond acceptors (Lipinski definition) is 3. The third-order valence-corrected chi connectivity index (χ3v) is 4.49. The number of carbonyl (C=O) groups is 2. The lowest BCUT2D eigenvalue weighted by Gasteiger charge is -2.08. The third kappa shape index (κ3) is 3.44. The molecule has 6 heteroatoms. The Balaban J connectivity index is 2.09. The van der Waals surface area contributed by atoms with E-state index in [0.717, 1.165) is 33.7 Å². The Bertz CT molecular complexity index is 1000. The minimum absolute atomic E-state index is 0.0557. The van der Waals surface area contributed by atoms with E-state index in [4.69, 9.17) is 10.1 Å². The number of carboxylic acid groups (broad SMARTS) is 1. The van der Waals surface area contributed by atoms with Crippen molar-refractivity contribution in [1.29, 1.82) is 0 Å². The predicted octanol–water partition coefficient (Wildman–Crippen LogP) is 2.67. The number of amides is 1. The smallest absolute Gasteiger partial charge is 0.322 e. The van der Waals surface area contributed by atoms with Gasteiger partial charge in [0.15, 0.2) is 0 Å². The fraction of sp³-hybridized carbons (Fsp3) is 0.250. The van der Waals surface area contributed by atoms with Gasteiger partial charge < -0.3 is 14.8 Å². The molecule has 0 atom stereocenters. The Morgan fingerprint density at radius 1 is 1.12 bits per heavy atom. The Kier molecular flexibility index (Phi) is 4.75. The van der Waals surface area contributed by atoms with Gasteiger partial charge in [-0.1, -0.05) is 18.2 Å². The van der Waals surface area contributed by atoms with Crippen LogP contribution in [0.25, 0.3) is 16.9 Å². The Morgan fingerprint density at radius 3 is 2.58 bits per heavy atom. The molecule has 0 saturated carbocycles. The van der Waals surface area contributed by atoms with Crippen LogP contribution in [-0.2, 0) is 16.0 Å². The molecule has 134 valence electrons. The van der Waals surface area contributed by atoms with Crippen molar-refractivity contribution in [3.05, 3.63) is 58.9 Å². The zero-order valence-electron chi connectivity index (χ0n) is 15.0. The Labute approximate surface area is 151 Å². The minimum Gasteiger partial charge on any atom is -0.480 e. The van der Waals surface area contributed by atoms with Gasteiger partial charge in [-0.2, -0.15) is 0 Å². The summed E-state index contributed by atoms with van der Waals surface area (Å²) in [4.78, 5) is 27.7. The van der Waals surface area contributed by atoms with E-state index in [0.29, 0.717) is 0 Å². The van der Waals surface area contributed by atoms with Gasteiger partial charge in [0.25, 0.3) is 0 Å². The van der Waals surface area contributed by atoms with E-state index < -0.39 is 12.5 Å². The molecule has 0 saturated heterocycles. The molecule has 0 aliphatic rings. The standard InChI is InChI=1S/C20H21N3O3/c1-12-6-7-15(9-14(12)3)19-16(10-17(24)21-11-18(25)26)23-8-4-5-13(2)20(23)22-19/h4-9H,10-11H2,1-3H3,(H,21,24)(H,25,26). The number of rotatable bonds is 5. The van der Waals surface area contributed by atoms with Crippen LogP contribution >= 0.6 is 0 Å². The molecule has 3 rings (SSSR count). The number of benzene rings is 1. The number of nitrogens with zero attached hydrogens (tertiary/aromatic N) is 2. The van der Waals surface area contributed by atoms with Crippen molar-refractivity contribution in [3.8, 4) is 11.3 Å². The summed E-state index contributed by atoms with van der Waals surface area (Å²) in [6.07, 6.45) is 1.93. The molecule has 2 heterocycles. The normalized spacial score (nSPS) is 10.9. The number of pyridine rings is 1. The lowest BCUT2D eigenvalue weighted by Crippen LogP contribution is -2.30. The van der Waals surface area contributed by atoms with E-state index in [1.807, 2.05) is 55.6 Å². The Morgan fingerprint density at radius 2 is 1.88 bits per heavy atom. The van der Waals surface area contributed by atoms with Gasteiger partial charge in [0, 0.05) is 11.8 Å². The number of fused-ring (bicyclic) bond motifs is 1. The zero-order chi connectivity index (χ0) is 18.8. The van der Waals surface area contributed by atoms with Crippen molar-refractivity contribution >= 4 is 17.5 Å². The van der Waals surface area contributed by atoms with Gasteiger partial charge in [-0.05, 0) is 49.6 Å². The minimum atomic E-state index is -1.07. The van der Waals surface area contributed by atoms with Gasteiger partial charge in [-0.3, -0.25) is 9.59 Å². The van der Waals surface area contributed by atoms with E-state index in [2.05, 4.69) is 11.4 Å². The largest absolute Gasteiger partial charge is 0.480 e. The number of aryl methyl sites for hydroxylation is 3. The number of carboxylic acids is 1. The topological polar surface area (TPSA) is 83.7 Å². The van der Waals surface area contributed by atoms with Crippen molar-refractivity contribution < 1.29 is 14.7 Å². The number of imidazole rings is 1. The van der Waals surface area contributed by atoms with Crippen LogP contribution in [0.2, 0.25) is 0 Å². The molecule has 0 unspecified atom stereocenters. The molecular weight excluding hydrogens is 330 g/mol. The first-order valence-electron chi connectivity index (χ1n) is 8.39. The molecule has 0 fully saturated rings. The summed E-state index contributed by atoms with van der Waals surface area (Å²) in [5.41, 5.74) is 6.57. The highest BCUT2D eigenvalue weighted by Gasteiger charge is 2.18. The van der Waals surface area contributed by atoms with Crippen LogP contribution in [0.3, 0.4) is 0 Å². The summed E-state index contributed by atoms with van der Waals surface area (Å²) in [5.74, 6) is -1.41. The van der Waals surface area contributed by atoms with E-state index >= 15 is 0 Å². The van der Waals surface area contributed by atoms with E-state index in [1.54, 1.807) is 0 Å². The van der Waals surface area contributed by atoms with Gasteiger partial charge in [0.05, 0.1) is 17.8 Å². The number of aliphatic carboxylic acids is 1. The molecule has 0 radical (unpaired) electrons. The average molecular weight is 351 g/mol. The van der Waals surface area contributed by atoms with E-state index in [9.17, 15) is 9.59 Å². The molecule has 6 nitrogen and oxygen atoms in total.